The number of aromatic amines is 1. The van der Waals surface area contributed by atoms with Crippen LogP contribution in [0.1, 0.15) is 0 Å². The summed E-state index contributed by atoms with van der Waals surface area (Å²) in [5.41, 5.74) is 1.91. The summed E-state index contributed by atoms with van der Waals surface area (Å²) in [5, 5.41) is 3.00. The van der Waals surface area contributed by atoms with Gasteiger partial charge in [0.2, 0.25) is 0 Å². The van der Waals surface area contributed by atoms with E-state index in [1.165, 1.54) is 0 Å². The molecule has 4 heteroatoms. The molecule has 2 N–H and O–H groups in total. The maximum atomic E-state index is 4.29. The Bertz CT molecular complexity index is 500. The molecule has 0 spiro atoms. The summed E-state index contributed by atoms with van der Waals surface area (Å²) in [6.45, 7) is 4.33. The van der Waals surface area contributed by atoms with Crippen LogP contribution in [0.2, 0.25) is 0 Å². The average molecular weight is 226 g/mol. The van der Waals surface area contributed by atoms with E-state index >= 15 is 0 Å². The van der Waals surface area contributed by atoms with E-state index in [1.807, 2.05) is 24.3 Å². The van der Waals surface area contributed by atoms with Crippen LogP contribution in [0, 0.1) is 0 Å². The second-order valence-corrected chi connectivity index (χ2v) is 3.44. The number of imidazole rings is 1. The predicted molar refractivity (Wildman–Crippen MR) is 70.4 cm³/mol. The molecule has 1 aromatic carbocycles. The molecule has 1 aromatic heterocycles. The molecule has 0 fully saturated rings. The molecule has 0 unspecified atom stereocenters. The summed E-state index contributed by atoms with van der Waals surface area (Å²) >= 11 is 0. The first-order valence-electron chi connectivity index (χ1n) is 5.37. The van der Waals surface area contributed by atoms with Gasteiger partial charge in [-0.3, -0.25) is 0 Å². The lowest BCUT2D eigenvalue weighted by Crippen LogP contribution is -2.09. The second kappa shape index (κ2) is 5.65. The maximum Gasteiger partial charge on any atom is 0.137 e. The third-order valence-electron chi connectivity index (χ3n) is 2.18. The molecule has 2 rings (SSSR count). The number of benzene rings is 1. The molecular weight excluding hydrogens is 212 g/mol. The molecule has 86 valence electrons. The van der Waals surface area contributed by atoms with Gasteiger partial charge in [0.05, 0.1) is 12.0 Å². The molecule has 1 heterocycles. The van der Waals surface area contributed by atoms with Crippen LogP contribution < -0.4 is 5.32 Å². The molecule has 0 saturated heterocycles. The highest BCUT2D eigenvalue weighted by Crippen LogP contribution is 2.20. The molecule has 0 atom stereocenters. The Labute approximate surface area is 100 Å². The number of aromatic nitrogens is 2. The van der Waals surface area contributed by atoms with Crippen molar-refractivity contribution in [2.75, 3.05) is 6.54 Å². The van der Waals surface area contributed by atoms with Gasteiger partial charge in [0.1, 0.15) is 5.82 Å². The first-order valence-corrected chi connectivity index (χ1v) is 5.37. The van der Waals surface area contributed by atoms with Gasteiger partial charge in [-0.25, -0.2) is 9.98 Å². The van der Waals surface area contributed by atoms with Crippen molar-refractivity contribution < 1.29 is 0 Å². The Kier molecular flexibility index (Phi) is 3.70. The van der Waals surface area contributed by atoms with Crippen molar-refractivity contribution in [3.05, 3.63) is 49.3 Å². The first kappa shape index (κ1) is 11.1. The highest BCUT2D eigenvalue weighted by Gasteiger charge is 1.99. The number of nitrogens with one attached hydrogen (secondary N) is 2. The van der Waals surface area contributed by atoms with Crippen LogP contribution in [0.3, 0.4) is 0 Å². The molecule has 0 aliphatic heterocycles. The number of rotatable bonds is 5. The van der Waals surface area contributed by atoms with Crippen LogP contribution in [-0.2, 0) is 0 Å². The van der Waals surface area contributed by atoms with Crippen molar-refractivity contribution >= 4 is 12.0 Å². The third-order valence-corrected chi connectivity index (χ3v) is 2.18. The minimum atomic E-state index is 0.710. The third kappa shape index (κ3) is 3.04. The molecule has 0 amide bonds. The monoisotopic (exact) mass is 226 g/mol. The Morgan fingerprint density at radius 1 is 1.47 bits per heavy atom. The van der Waals surface area contributed by atoms with Crippen molar-refractivity contribution in [3.63, 3.8) is 0 Å². The number of H-pyrrole nitrogens is 1. The van der Waals surface area contributed by atoms with Crippen LogP contribution in [0.15, 0.2) is 54.3 Å². The number of hydrogen-bond donors (Lipinski definition) is 2. The quantitative estimate of drug-likeness (QED) is 0.356. The Morgan fingerprint density at radius 3 is 3.18 bits per heavy atom. The Balaban J connectivity index is 2.12. The van der Waals surface area contributed by atoms with Crippen LogP contribution in [0.4, 0.5) is 5.69 Å². The van der Waals surface area contributed by atoms with Crippen LogP contribution >= 0.6 is 0 Å². The van der Waals surface area contributed by atoms with Gasteiger partial charge in [0, 0.05) is 24.5 Å². The SMILES string of the molecule is C=CCNC=Nc1cccc(-c2ncc[nH]2)c1. The van der Waals surface area contributed by atoms with Gasteiger partial charge in [-0.05, 0) is 12.1 Å². The topological polar surface area (TPSA) is 53.1 Å². The lowest BCUT2D eigenvalue weighted by Gasteiger charge is -1.99. The molecule has 0 saturated carbocycles. The minimum absolute atomic E-state index is 0.710. The van der Waals surface area contributed by atoms with Crippen LogP contribution in [0.5, 0.6) is 0 Å². The zero-order chi connectivity index (χ0) is 11.9. The molecular formula is C13H14N4. The minimum Gasteiger partial charge on any atom is -0.373 e. The highest BCUT2D eigenvalue weighted by molar-refractivity contribution is 5.66. The molecule has 0 bridgehead atoms. The molecule has 4 nitrogen and oxygen atoms in total. The van der Waals surface area contributed by atoms with E-state index in [-0.39, 0.29) is 0 Å². The van der Waals surface area contributed by atoms with Crippen LogP contribution in [0.25, 0.3) is 11.4 Å². The fraction of sp³-hybridized carbons (Fsp3) is 0.0769. The zero-order valence-corrected chi connectivity index (χ0v) is 9.43. The van der Waals surface area contributed by atoms with Gasteiger partial charge in [0.25, 0.3) is 0 Å². The van der Waals surface area contributed by atoms with E-state index in [0.717, 1.165) is 17.1 Å². The molecule has 0 aliphatic rings. The van der Waals surface area contributed by atoms with E-state index in [4.69, 9.17) is 0 Å². The molecule has 2 aromatic rings. The van der Waals surface area contributed by atoms with Gasteiger partial charge in [-0.2, -0.15) is 0 Å². The summed E-state index contributed by atoms with van der Waals surface area (Å²) in [6.07, 6.45) is 6.99. The van der Waals surface area contributed by atoms with E-state index < -0.39 is 0 Å². The Hall–Kier alpha value is -2.36. The molecule has 0 radical (unpaired) electrons. The summed E-state index contributed by atoms with van der Waals surface area (Å²) in [4.78, 5) is 11.6. The van der Waals surface area contributed by atoms with Gasteiger partial charge in [-0.1, -0.05) is 18.2 Å². The van der Waals surface area contributed by atoms with E-state index in [9.17, 15) is 0 Å². The van der Waals surface area contributed by atoms with E-state index in [2.05, 4.69) is 26.9 Å². The number of aliphatic imine (C=N–C) groups is 1. The molecule has 17 heavy (non-hydrogen) atoms. The normalized spacial score (nSPS) is 10.6. The summed E-state index contributed by atoms with van der Waals surface area (Å²) in [5.74, 6) is 0.848. The van der Waals surface area contributed by atoms with Gasteiger partial charge >= 0.3 is 0 Å². The predicted octanol–water partition coefficient (Wildman–Crippen LogP) is 2.51. The summed E-state index contributed by atoms with van der Waals surface area (Å²) in [7, 11) is 0. The van der Waals surface area contributed by atoms with Crippen molar-refractivity contribution in [1.82, 2.24) is 15.3 Å². The van der Waals surface area contributed by atoms with Gasteiger partial charge in [-0.15, -0.1) is 6.58 Å². The Morgan fingerprint density at radius 2 is 2.41 bits per heavy atom. The van der Waals surface area contributed by atoms with Gasteiger partial charge in [0.15, 0.2) is 0 Å². The van der Waals surface area contributed by atoms with Crippen molar-refractivity contribution in [1.29, 1.82) is 0 Å². The fourth-order valence-corrected chi connectivity index (χ4v) is 1.41. The van der Waals surface area contributed by atoms with Crippen LogP contribution in [-0.4, -0.2) is 22.9 Å². The lowest BCUT2D eigenvalue weighted by molar-refractivity contribution is 1.07. The lowest BCUT2D eigenvalue weighted by atomic mass is 10.2. The van der Waals surface area contributed by atoms with Crippen molar-refractivity contribution in [2.24, 2.45) is 4.99 Å². The second-order valence-electron chi connectivity index (χ2n) is 3.44. The number of hydrogen-bond acceptors (Lipinski definition) is 2. The molecule has 0 aliphatic carbocycles. The number of nitrogens with zero attached hydrogens (tertiary/aromatic N) is 2. The van der Waals surface area contributed by atoms with Crippen molar-refractivity contribution in [2.45, 2.75) is 0 Å². The van der Waals surface area contributed by atoms with E-state index in [0.29, 0.717) is 6.54 Å². The largest absolute Gasteiger partial charge is 0.373 e. The maximum absolute atomic E-state index is 4.29. The summed E-state index contributed by atoms with van der Waals surface area (Å²) in [6, 6.07) is 7.87. The highest BCUT2D eigenvalue weighted by atomic mass is 14.9. The smallest absolute Gasteiger partial charge is 0.137 e. The summed E-state index contributed by atoms with van der Waals surface area (Å²) < 4.78 is 0. The standard InChI is InChI=1S/C13H14N4/c1-2-6-14-10-17-12-5-3-4-11(9-12)13-15-7-8-16-13/h2-5,7-10H,1,6H2,(H,14,17)(H,15,16). The van der Waals surface area contributed by atoms with Gasteiger partial charge < -0.3 is 10.3 Å². The zero-order valence-electron chi connectivity index (χ0n) is 9.43. The van der Waals surface area contributed by atoms with E-state index in [1.54, 1.807) is 24.8 Å². The fourth-order valence-electron chi connectivity index (χ4n) is 1.41. The first-order chi connectivity index (χ1) is 8.40. The van der Waals surface area contributed by atoms with Crippen molar-refractivity contribution in [3.8, 4) is 11.4 Å². The average Bonchev–Trinajstić information content (AvgIpc) is 2.89.